The van der Waals surface area contributed by atoms with Crippen molar-refractivity contribution < 1.29 is 17.9 Å². The lowest BCUT2D eigenvalue weighted by atomic mass is 10.1. The van der Waals surface area contributed by atoms with Crippen LogP contribution in [-0.2, 0) is 14.8 Å². The molecule has 2 aromatic carbocycles. The molecule has 0 saturated heterocycles. The summed E-state index contributed by atoms with van der Waals surface area (Å²) >= 11 is 0. The molecule has 2 rings (SSSR count). The predicted molar refractivity (Wildman–Crippen MR) is 112 cm³/mol. The van der Waals surface area contributed by atoms with Crippen molar-refractivity contribution in [2.75, 3.05) is 23.7 Å². The first kappa shape index (κ1) is 21.8. The number of carbonyl (C=O) groups excluding carboxylic acids is 1. The Labute approximate surface area is 167 Å². The number of sulfonamides is 1. The number of aryl methyl sites for hydroxylation is 2. The molecule has 0 aliphatic heterocycles. The minimum Gasteiger partial charge on any atom is -0.491 e. The molecule has 0 spiro atoms. The number of hydrogen-bond acceptors (Lipinski definition) is 4. The number of benzene rings is 2. The molecule has 0 fully saturated rings. The normalized spacial score (nSPS) is 12.3. The second kappa shape index (κ2) is 9.10. The molecule has 1 atom stereocenters. The maximum atomic E-state index is 12.5. The van der Waals surface area contributed by atoms with Crippen molar-refractivity contribution in [1.29, 1.82) is 0 Å². The van der Waals surface area contributed by atoms with Crippen LogP contribution in [0.15, 0.2) is 42.5 Å². The first-order valence-corrected chi connectivity index (χ1v) is 11.0. The molecule has 0 aliphatic carbocycles. The van der Waals surface area contributed by atoms with Crippen molar-refractivity contribution in [2.45, 2.75) is 33.7 Å². The highest BCUT2D eigenvalue weighted by molar-refractivity contribution is 7.92. The Balaban J connectivity index is 2.00. The summed E-state index contributed by atoms with van der Waals surface area (Å²) < 4.78 is 31.5. The summed E-state index contributed by atoms with van der Waals surface area (Å²) in [5.41, 5.74) is 3.58. The third-order valence-electron chi connectivity index (χ3n) is 4.56. The standard InChI is InChI=1S/C21H28N2O4S/c1-15-8-6-10-19(14-15)23(28(5,25)26)18(4)21(24)22-12-13-27-20-11-7-9-16(2)17(20)3/h6-11,14,18H,12-13H2,1-5H3,(H,22,24). The van der Waals surface area contributed by atoms with Gasteiger partial charge in [-0.3, -0.25) is 9.10 Å². The van der Waals surface area contributed by atoms with Crippen LogP contribution in [0.4, 0.5) is 5.69 Å². The fourth-order valence-electron chi connectivity index (χ4n) is 2.94. The van der Waals surface area contributed by atoms with Crippen LogP contribution in [-0.4, -0.2) is 39.8 Å². The highest BCUT2D eigenvalue weighted by Crippen LogP contribution is 2.22. The predicted octanol–water partition coefficient (Wildman–Crippen LogP) is 2.96. The zero-order valence-electron chi connectivity index (χ0n) is 17.0. The first-order chi connectivity index (χ1) is 13.1. The van der Waals surface area contributed by atoms with E-state index in [2.05, 4.69) is 5.32 Å². The summed E-state index contributed by atoms with van der Waals surface area (Å²) in [7, 11) is -3.62. The Morgan fingerprint density at radius 2 is 1.82 bits per heavy atom. The summed E-state index contributed by atoms with van der Waals surface area (Å²) in [6.45, 7) is 8.02. The number of nitrogens with zero attached hydrogens (tertiary/aromatic N) is 1. The lowest BCUT2D eigenvalue weighted by Crippen LogP contribution is -2.48. The number of amides is 1. The zero-order valence-corrected chi connectivity index (χ0v) is 17.8. The van der Waals surface area contributed by atoms with Gasteiger partial charge in [-0.2, -0.15) is 0 Å². The molecule has 0 aliphatic rings. The van der Waals surface area contributed by atoms with Crippen molar-refractivity contribution in [2.24, 2.45) is 0 Å². The molecule has 0 aromatic heterocycles. The Morgan fingerprint density at radius 3 is 2.46 bits per heavy atom. The second-order valence-electron chi connectivity index (χ2n) is 6.91. The Bertz CT molecular complexity index is 941. The fourth-order valence-corrected chi connectivity index (χ4v) is 4.10. The number of rotatable bonds is 8. The molecular formula is C21H28N2O4S. The Kier molecular flexibility index (Phi) is 7.07. The van der Waals surface area contributed by atoms with Gasteiger partial charge in [0, 0.05) is 0 Å². The van der Waals surface area contributed by atoms with Gasteiger partial charge in [-0.15, -0.1) is 0 Å². The van der Waals surface area contributed by atoms with E-state index in [1.807, 2.05) is 45.0 Å². The van der Waals surface area contributed by atoms with Crippen molar-refractivity contribution in [3.63, 3.8) is 0 Å². The molecule has 28 heavy (non-hydrogen) atoms. The molecule has 0 saturated carbocycles. The van der Waals surface area contributed by atoms with Gasteiger partial charge in [0.15, 0.2) is 0 Å². The van der Waals surface area contributed by atoms with E-state index in [9.17, 15) is 13.2 Å². The molecule has 0 heterocycles. The molecule has 2 aromatic rings. The maximum absolute atomic E-state index is 12.5. The third kappa shape index (κ3) is 5.48. The van der Waals surface area contributed by atoms with Gasteiger partial charge in [0.2, 0.25) is 15.9 Å². The van der Waals surface area contributed by atoms with E-state index in [1.165, 1.54) is 0 Å². The van der Waals surface area contributed by atoms with Crippen LogP contribution < -0.4 is 14.4 Å². The summed E-state index contributed by atoms with van der Waals surface area (Å²) in [6, 6.07) is 12.0. The zero-order chi connectivity index (χ0) is 20.9. The van der Waals surface area contributed by atoms with Gasteiger partial charge >= 0.3 is 0 Å². The Morgan fingerprint density at radius 1 is 1.14 bits per heavy atom. The van der Waals surface area contributed by atoms with Crippen LogP contribution in [0.3, 0.4) is 0 Å². The summed E-state index contributed by atoms with van der Waals surface area (Å²) in [6.07, 6.45) is 1.10. The van der Waals surface area contributed by atoms with Crippen LogP contribution in [0.2, 0.25) is 0 Å². The molecular weight excluding hydrogens is 376 g/mol. The number of ether oxygens (including phenoxy) is 1. The molecule has 152 valence electrons. The second-order valence-corrected chi connectivity index (χ2v) is 8.77. The maximum Gasteiger partial charge on any atom is 0.243 e. The molecule has 7 heteroatoms. The van der Waals surface area contributed by atoms with E-state index in [1.54, 1.807) is 25.1 Å². The highest BCUT2D eigenvalue weighted by atomic mass is 32.2. The number of anilines is 1. The van der Waals surface area contributed by atoms with Gasteiger partial charge in [-0.25, -0.2) is 8.42 Å². The van der Waals surface area contributed by atoms with E-state index in [0.29, 0.717) is 12.3 Å². The lowest BCUT2D eigenvalue weighted by molar-refractivity contribution is -0.121. The quantitative estimate of drug-likeness (QED) is 0.687. The molecule has 1 unspecified atom stereocenters. The van der Waals surface area contributed by atoms with E-state index in [-0.39, 0.29) is 12.5 Å². The van der Waals surface area contributed by atoms with Crippen molar-refractivity contribution >= 4 is 21.6 Å². The average molecular weight is 405 g/mol. The van der Waals surface area contributed by atoms with E-state index < -0.39 is 16.1 Å². The number of nitrogens with one attached hydrogen (secondary N) is 1. The molecule has 0 radical (unpaired) electrons. The van der Waals surface area contributed by atoms with Crippen molar-refractivity contribution in [3.8, 4) is 5.75 Å². The SMILES string of the molecule is Cc1cccc(N(C(C)C(=O)NCCOc2cccc(C)c2C)S(C)(=O)=O)c1. The van der Waals surface area contributed by atoms with Crippen LogP contribution >= 0.6 is 0 Å². The van der Waals surface area contributed by atoms with Crippen LogP contribution in [0.1, 0.15) is 23.6 Å². The lowest BCUT2D eigenvalue weighted by Gasteiger charge is -2.28. The minimum absolute atomic E-state index is 0.280. The summed E-state index contributed by atoms with van der Waals surface area (Å²) in [4.78, 5) is 12.5. The van der Waals surface area contributed by atoms with Crippen molar-refractivity contribution in [3.05, 3.63) is 59.2 Å². The number of hydrogen-bond donors (Lipinski definition) is 1. The van der Waals surface area contributed by atoms with Gasteiger partial charge < -0.3 is 10.1 Å². The topological polar surface area (TPSA) is 75.7 Å². The van der Waals surface area contributed by atoms with E-state index >= 15 is 0 Å². The summed E-state index contributed by atoms with van der Waals surface area (Å²) in [5.74, 6) is 0.399. The average Bonchev–Trinajstić information content (AvgIpc) is 2.60. The highest BCUT2D eigenvalue weighted by Gasteiger charge is 2.28. The third-order valence-corrected chi connectivity index (χ3v) is 5.80. The summed E-state index contributed by atoms with van der Waals surface area (Å²) in [5, 5.41) is 2.75. The molecule has 0 bridgehead atoms. The van der Waals surface area contributed by atoms with Crippen LogP contribution in [0.5, 0.6) is 5.75 Å². The van der Waals surface area contributed by atoms with Gasteiger partial charge in [-0.1, -0.05) is 24.3 Å². The fraction of sp³-hybridized carbons (Fsp3) is 0.381. The largest absolute Gasteiger partial charge is 0.491 e. The van der Waals surface area contributed by atoms with Gasteiger partial charge in [0.05, 0.1) is 18.5 Å². The van der Waals surface area contributed by atoms with Gasteiger partial charge in [0.1, 0.15) is 18.4 Å². The van der Waals surface area contributed by atoms with Crippen LogP contribution in [0, 0.1) is 20.8 Å². The van der Waals surface area contributed by atoms with Crippen LogP contribution in [0.25, 0.3) is 0 Å². The molecule has 1 N–H and O–H groups in total. The molecule has 1 amide bonds. The number of carbonyl (C=O) groups is 1. The van der Waals surface area contributed by atoms with Gasteiger partial charge in [-0.05, 0) is 62.6 Å². The van der Waals surface area contributed by atoms with Gasteiger partial charge in [0.25, 0.3) is 0 Å². The monoisotopic (exact) mass is 404 g/mol. The first-order valence-electron chi connectivity index (χ1n) is 9.14. The van der Waals surface area contributed by atoms with E-state index in [0.717, 1.165) is 33.0 Å². The Hall–Kier alpha value is -2.54. The minimum atomic E-state index is -3.62. The van der Waals surface area contributed by atoms with Crippen molar-refractivity contribution in [1.82, 2.24) is 5.32 Å². The van der Waals surface area contributed by atoms with E-state index in [4.69, 9.17) is 4.74 Å². The molecule has 6 nitrogen and oxygen atoms in total. The smallest absolute Gasteiger partial charge is 0.243 e.